The predicted octanol–water partition coefficient (Wildman–Crippen LogP) is 1.76. The molecule has 0 spiro atoms. The number of ketones is 2. The zero-order valence-corrected chi connectivity index (χ0v) is 11.3. The Labute approximate surface area is 125 Å². The van der Waals surface area contributed by atoms with Crippen LogP contribution in [0.25, 0.3) is 10.8 Å². The second kappa shape index (κ2) is 4.18. The van der Waals surface area contributed by atoms with Gasteiger partial charge in [0, 0.05) is 22.3 Å². The van der Waals surface area contributed by atoms with Crippen LogP contribution < -0.4 is 10.2 Å². The Balaban J connectivity index is 2.19. The van der Waals surface area contributed by atoms with Crippen molar-refractivity contribution < 1.29 is 19.8 Å². The molecule has 0 fully saturated rings. The Bertz CT molecular complexity index is 906. The molecule has 3 aromatic carbocycles. The predicted molar refractivity (Wildman–Crippen MR) is 76.1 cm³/mol. The molecule has 0 bridgehead atoms. The summed E-state index contributed by atoms with van der Waals surface area (Å²) in [4.78, 5) is 25.2. The molecule has 0 radical (unpaired) electrons. The average molecular weight is 288 g/mol. The van der Waals surface area contributed by atoms with E-state index in [4.69, 9.17) is 0 Å². The molecule has 4 rings (SSSR count). The van der Waals surface area contributed by atoms with Crippen molar-refractivity contribution in [2.45, 2.75) is 0 Å². The largest absolute Gasteiger partial charge is 0.872 e. The van der Waals surface area contributed by atoms with Gasteiger partial charge in [0.1, 0.15) is 0 Å². The summed E-state index contributed by atoms with van der Waals surface area (Å²) < 4.78 is 0. The Kier molecular flexibility index (Phi) is 2.39. The molecule has 0 aliphatic heterocycles. The van der Waals surface area contributed by atoms with Crippen molar-refractivity contribution in [1.82, 2.24) is 0 Å². The van der Waals surface area contributed by atoms with E-state index in [2.05, 4.69) is 0 Å². The Morgan fingerprint density at radius 2 is 0.955 bits per heavy atom. The molecule has 4 heteroatoms. The number of hydrogen-bond acceptors (Lipinski definition) is 4. The number of rotatable bonds is 0. The van der Waals surface area contributed by atoms with Crippen LogP contribution in [0.2, 0.25) is 0 Å². The van der Waals surface area contributed by atoms with Gasteiger partial charge in [0.05, 0.1) is 0 Å². The van der Waals surface area contributed by atoms with Gasteiger partial charge in [-0.05, 0) is 10.8 Å². The molecule has 22 heavy (non-hydrogen) atoms. The van der Waals surface area contributed by atoms with Crippen molar-refractivity contribution in [3.05, 3.63) is 70.8 Å². The van der Waals surface area contributed by atoms with E-state index in [1.807, 2.05) is 0 Å². The maximum absolute atomic E-state index is 12.6. The summed E-state index contributed by atoms with van der Waals surface area (Å²) in [5, 5.41) is 25.5. The van der Waals surface area contributed by atoms with Crippen LogP contribution in [-0.4, -0.2) is 11.6 Å². The number of benzene rings is 3. The van der Waals surface area contributed by atoms with Crippen LogP contribution in [0.4, 0.5) is 0 Å². The third kappa shape index (κ3) is 1.41. The molecule has 3 aromatic rings. The molecule has 0 saturated heterocycles. The van der Waals surface area contributed by atoms with Crippen LogP contribution in [0.5, 0.6) is 11.5 Å². The third-order valence-corrected chi connectivity index (χ3v) is 3.99. The lowest BCUT2D eigenvalue weighted by Gasteiger charge is -2.29. The molecule has 1 aliphatic carbocycles. The van der Waals surface area contributed by atoms with Crippen molar-refractivity contribution in [3.8, 4) is 11.5 Å². The van der Waals surface area contributed by atoms with Crippen molar-refractivity contribution in [1.29, 1.82) is 0 Å². The van der Waals surface area contributed by atoms with E-state index >= 15 is 0 Å². The summed E-state index contributed by atoms with van der Waals surface area (Å²) >= 11 is 0. The van der Waals surface area contributed by atoms with Gasteiger partial charge < -0.3 is 10.2 Å². The summed E-state index contributed by atoms with van der Waals surface area (Å²) in [5.41, 5.74) is -0.252. The van der Waals surface area contributed by atoms with Crippen LogP contribution in [0, 0.1) is 0 Å². The number of carbonyl (C=O) groups excluding carboxylic acids is 2. The SMILES string of the molecule is O=C1c2ccccc2C(=O)c2c1c([O-])c1ccccc1c2[O-]. The molecule has 0 unspecified atom stereocenters. The number of hydrogen-bond donors (Lipinski definition) is 0. The lowest BCUT2D eigenvalue weighted by molar-refractivity contribution is -0.271. The first kappa shape index (κ1) is 12.6. The molecule has 1 aliphatic rings. The second-order valence-electron chi connectivity index (χ2n) is 5.16. The summed E-state index contributed by atoms with van der Waals surface area (Å²) in [5.74, 6) is -2.23. The molecule has 0 atom stereocenters. The minimum Gasteiger partial charge on any atom is -0.872 e. The van der Waals surface area contributed by atoms with E-state index in [0.717, 1.165) is 0 Å². The van der Waals surface area contributed by atoms with Gasteiger partial charge in [-0.3, -0.25) is 9.59 Å². The Morgan fingerprint density at radius 1 is 0.591 bits per heavy atom. The first-order valence-electron chi connectivity index (χ1n) is 6.72. The zero-order valence-electron chi connectivity index (χ0n) is 11.3. The maximum atomic E-state index is 12.6. The van der Waals surface area contributed by atoms with Crippen LogP contribution >= 0.6 is 0 Å². The minimum atomic E-state index is -0.557. The van der Waals surface area contributed by atoms with Gasteiger partial charge in [-0.2, -0.15) is 0 Å². The average Bonchev–Trinajstić information content (AvgIpc) is 2.56. The van der Waals surface area contributed by atoms with Crippen molar-refractivity contribution in [2.75, 3.05) is 0 Å². The fraction of sp³-hybridized carbons (Fsp3) is 0. The van der Waals surface area contributed by atoms with Gasteiger partial charge in [-0.15, -0.1) is 0 Å². The van der Waals surface area contributed by atoms with E-state index in [9.17, 15) is 19.8 Å². The second-order valence-corrected chi connectivity index (χ2v) is 5.16. The molecular weight excluding hydrogens is 280 g/mol. The van der Waals surface area contributed by atoms with E-state index < -0.39 is 23.1 Å². The monoisotopic (exact) mass is 288 g/mol. The molecule has 0 N–H and O–H groups in total. The molecule has 0 saturated carbocycles. The quantitative estimate of drug-likeness (QED) is 0.494. The summed E-state index contributed by atoms with van der Waals surface area (Å²) in [6.45, 7) is 0. The fourth-order valence-electron chi connectivity index (χ4n) is 2.96. The fourth-order valence-corrected chi connectivity index (χ4v) is 2.96. The first-order chi connectivity index (χ1) is 10.6. The Hall–Kier alpha value is -3.14. The molecule has 0 heterocycles. The highest BCUT2D eigenvalue weighted by atomic mass is 16.3. The van der Waals surface area contributed by atoms with Gasteiger partial charge in [0.25, 0.3) is 0 Å². The highest BCUT2D eigenvalue weighted by Gasteiger charge is 2.31. The first-order valence-corrected chi connectivity index (χ1v) is 6.72. The van der Waals surface area contributed by atoms with Gasteiger partial charge in [0.2, 0.25) is 0 Å². The maximum Gasteiger partial charge on any atom is 0.193 e. The lowest BCUT2D eigenvalue weighted by atomic mass is 9.81. The van der Waals surface area contributed by atoms with E-state index in [1.54, 1.807) is 24.3 Å². The summed E-state index contributed by atoms with van der Waals surface area (Å²) in [7, 11) is 0. The van der Waals surface area contributed by atoms with Crippen molar-refractivity contribution in [2.24, 2.45) is 0 Å². The summed E-state index contributed by atoms with van der Waals surface area (Å²) in [6, 6.07) is 12.5. The smallest absolute Gasteiger partial charge is 0.193 e. The van der Waals surface area contributed by atoms with Gasteiger partial charge in [0.15, 0.2) is 11.6 Å². The third-order valence-electron chi connectivity index (χ3n) is 3.99. The highest BCUT2D eigenvalue weighted by molar-refractivity contribution is 6.32. The van der Waals surface area contributed by atoms with E-state index in [1.165, 1.54) is 24.3 Å². The van der Waals surface area contributed by atoms with Crippen LogP contribution in [-0.2, 0) is 0 Å². The van der Waals surface area contributed by atoms with Crippen molar-refractivity contribution >= 4 is 22.3 Å². The normalized spacial score (nSPS) is 13.1. The minimum absolute atomic E-state index is 0.173. The molecule has 106 valence electrons. The topological polar surface area (TPSA) is 80.3 Å². The van der Waals surface area contributed by atoms with Crippen LogP contribution in [0.1, 0.15) is 31.8 Å². The van der Waals surface area contributed by atoms with Crippen molar-refractivity contribution in [3.63, 3.8) is 0 Å². The van der Waals surface area contributed by atoms with Crippen LogP contribution in [0.15, 0.2) is 48.5 Å². The van der Waals surface area contributed by atoms with E-state index in [-0.39, 0.29) is 33.0 Å². The van der Waals surface area contributed by atoms with E-state index in [0.29, 0.717) is 0 Å². The van der Waals surface area contributed by atoms with Gasteiger partial charge >= 0.3 is 0 Å². The lowest BCUT2D eigenvalue weighted by Crippen LogP contribution is -2.24. The zero-order chi connectivity index (χ0) is 15.4. The van der Waals surface area contributed by atoms with Crippen LogP contribution in [0.3, 0.4) is 0 Å². The highest BCUT2D eigenvalue weighted by Crippen LogP contribution is 2.41. The molecule has 4 nitrogen and oxygen atoms in total. The number of fused-ring (bicyclic) bond motifs is 3. The molecule has 0 amide bonds. The standard InChI is InChI=1S/C18H10O4/c19-15-9-5-1-2-6-10(9)16(20)14-13(15)17(21)11-7-3-4-8-12(11)18(14)22/h1-8,19-20H/p-2. The van der Waals surface area contributed by atoms with Gasteiger partial charge in [-0.1, -0.05) is 60.0 Å². The molecular formula is C18H8O4-2. The summed E-state index contributed by atoms with van der Waals surface area (Å²) in [6.07, 6.45) is 0. The van der Waals surface area contributed by atoms with Gasteiger partial charge in [-0.25, -0.2) is 0 Å². The number of carbonyl (C=O) groups is 2. The molecule has 0 aromatic heterocycles. The Morgan fingerprint density at radius 3 is 1.36 bits per heavy atom.